The highest BCUT2D eigenvalue weighted by Crippen LogP contribution is 2.20. The smallest absolute Gasteiger partial charge is 0.336 e. The molecule has 8 heteroatoms. The van der Waals surface area contributed by atoms with Gasteiger partial charge in [0.15, 0.2) is 0 Å². The third-order valence-corrected chi connectivity index (χ3v) is 5.08. The van der Waals surface area contributed by atoms with Crippen LogP contribution in [0.2, 0.25) is 0 Å². The average molecular weight is 279 g/mol. The van der Waals surface area contributed by atoms with E-state index in [4.69, 9.17) is 10.2 Å². The molecular weight excluding hydrogens is 266 g/mol. The summed E-state index contributed by atoms with van der Waals surface area (Å²) in [6.45, 7) is 1.44. The Morgan fingerprint density at radius 2 is 2.24 bits per heavy atom. The number of thiophene rings is 1. The van der Waals surface area contributed by atoms with Crippen molar-refractivity contribution < 1.29 is 23.4 Å². The molecule has 0 aliphatic carbocycles. The van der Waals surface area contributed by atoms with Gasteiger partial charge in [0.25, 0.3) is 0 Å². The third-order valence-electron chi connectivity index (χ3n) is 2.12. The number of rotatable bonds is 6. The van der Waals surface area contributed by atoms with Gasteiger partial charge in [-0.1, -0.05) is 6.92 Å². The lowest BCUT2D eigenvalue weighted by atomic mass is 10.3. The van der Waals surface area contributed by atoms with Crippen molar-refractivity contribution in [3.05, 3.63) is 17.0 Å². The maximum absolute atomic E-state index is 11.8. The number of aliphatic hydroxyl groups excluding tert-OH is 1. The third kappa shape index (κ3) is 3.50. The van der Waals surface area contributed by atoms with Crippen LogP contribution >= 0.6 is 11.3 Å². The largest absolute Gasteiger partial charge is 0.478 e. The van der Waals surface area contributed by atoms with Gasteiger partial charge in [0.1, 0.15) is 4.21 Å². The lowest BCUT2D eigenvalue weighted by Gasteiger charge is -2.12. The molecule has 96 valence electrons. The van der Waals surface area contributed by atoms with E-state index in [0.717, 1.165) is 17.4 Å². The fourth-order valence-corrected chi connectivity index (χ4v) is 3.58. The van der Waals surface area contributed by atoms with Gasteiger partial charge in [-0.05, 0) is 12.5 Å². The van der Waals surface area contributed by atoms with Crippen LogP contribution in [0.25, 0.3) is 0 Å². The van der Waals surface area contributed by atoms with E-state index >= 15 is 0 Å². The number of hydrogen-bond donors (Lipinski definition) is 3. The number of sulfonamides is 1. The molecule has 0 aliphatic heterocycles. The summed E-state index contributed by atoms with van der Waals surface area (Å²) in [4.78, 5) is 10.6. The van der Waals surface area contributed by atoms with E-state index in [-0.39, 0.29) is 16.4 Å². The van der Waals surface area contributed by atoms with Crippen molar-refractivity contribution >= 4 is 27.3 Å². The van der Waals surface area contributed by atoms with Crippen LogP contribution < -0.4 is 4.72 Å². The van der Waals surface area contributed by atoms with Crippen LogP contribution in [0.3, 0.4) is 0 Å². The summed E-state index contributed by atoms with van der Waals surface area (Å²) < 4.78 is 25.8. The van der Waals surface area contributed by atoms with Crippen molar-refractivity contribution in [2.75, 3.05) is 6.61 Å². The number of aromatic carboxylic acids is 1. The Morgan fingerprint density at radius 3 is 2.65 bits per heavy atom. The second kappa shape index (κ2) is 5.58. The molecule has 0 saturated heterocycles. The van der Waals surface area contributed by atoms with Gasteiger partial charge in [-0.15, -0.1) is 11.3 Å². The molecule has 1 heterocycles. The van der Waals surface area contributed by atoms with Crippen LogP contribution in [-0.2, 0) is 10.0 Å². The second-order valence-electron chi connectivity index (χ2n) is 3.37. The predicted molar refractivity (Wildman–Crippen MR) is 62.8 cm³/mol. The van der Waals surface area contributed by atoms with E-state index in [2.05, 4.69) is 4.72 Å². The van der Waals surface area contributed by atoms with Crippen LogP contribution in [0.15, 0.2) is 15.7 Å². The molecule has 6 nitrogen and oxygen atoms in total. The van der Waals surface area contributed by atoms with E-state index in [9.17, 15) is 13.2 Å². The highest BCUT2D eigenvalue weighted by molar-refractivity contribution is 7.91. The van der Waals surface area contributed by atoms with Crippen molar-refractivity contribution in [1.29, 1.82) is 0 Å². The fraction of sp³-hybridized carbons (Fsp3) is 0.444. The van der Waals surface area contributed by atoms with Crippen molar-refractivity contribution in [3.63, 3.8) is 0 Å². The van der Waals surface area contributed by atoms with Gasteiger partial charge >= 0.3 is 5.97 Å². The maximum atomic E-state index is 11.8. The highest BCUT2D eigenvalue weighted by Gasteiger charge is 2.21. The molecular formula is C9H13NO5S2. The Balaban J connectivity index is 2.93. The summed E-state index contributed by atoms with van der Waals surface area (Å²) >= 11 is 0.835. The first-order valence-corrected chi connectivity index (χ1v) is 7.22. The molecule has 0 aromatic carbocycles. The number of carboxylic acids is 1. The molecule has 0 bridgehead atoms. The molecule has 0 aliphatic rings. The Morgan fingerprint density at radius 1 is 1.59 bits per heavy atom. The number of aliphatic hydroxyl groups is 1. The minimum absolute atomic E-state index is 0.0626. The van der Waals surface area contributed by atoms with Crippen molar-refractivity contribution in [2.45, 2.75) is 23.6 Å². The van der Waals surface area contributed by atoms with Gasteiger partial charge in [-0.25, -0.2) is 17.9 Å². The zero-order valence-corrected chi connectivity index (χ0v) is 10.7. The van der Waals surface area contributed by atoms with E-state index in [1.165, 1.54) is 5.38 Å². The van der Waals surface area contributed by atoms with Crippen LogP contribution in [0, 0.1) is 0 Å². The van der Waals surface area contributed by atoms with Gasteiger partial charge in [-0.3, -0.25) is 0 Å². The van der Waals surface area contributed by atoms with Gasteiger partial charge < -0.3 is 10.2 Å². The Hall–Kier alpha value is -0.960. The molecule has 17 heavy (non-hydrogen) atoms. The molecule has 0 saturated carbocycles. The van der Waals surface area contributed by atoms with Crippen molar-refractivity contribution in [3.8, 4) is 0 Å². The molecule has 1 aromatic heterocycles. The molecule has 0 unspecified atom stereocenters. The normalized spacial score (nSPS) is 13.5. The number of carboxylic acid groups (broad SMARTS) is 1. The second-order valence-corrected chi connectivity index (χ2v) is 6.22. The van der Waals surface area contributed by atoms with Gasteiger partial charge in [0, 0.05) is 11.4 Å². The summed E-state index contributed by atoms with van der Waals surface area (Å²) in [5, 5.41) is 18.9. The first-order chi connectivity index (χ1) is 7.90. The summed E-state index contributed by atoms with van der Waals surface area (Å²) in [5.41, 5.74) is -0.0626. The zero-order valence-electron chi connectivity index (χ0n) is 9.08. The van der Waals surface area contributed by atoms with Crippen LogP contribution in [0.5, 0.6) is 0 Å². The van der Waals surface area contributed by atoms with E-state index in [0.29, 0.717) is 6.42 Å². The summed E-state index contributed by atoms with van der Waals surface area (Å²) in [7, 11) is -3.75. The maximum Gasteiger partial charge on any atom is 0.336 e. The quantitative estimate of drug-likeness (QED) is 0.703. The highest BCUT2D eigenvalue weighted by atomic mass is 32.2. The Labute approximate surface area is 103 Å². The molecule has 3 N–H and O–H groups in total. The van der Waals surface area contributed by atoms with E-state index < -0.39 is 22.0 Å². The lowest BCUT2D eigenvalue weighted by molar-refractivity contribution is 0.0697. The van der Waals surface area contributed by atoms with Crippen molar-refractivity contribution in [1.82, 2.24) is 4.72 Å². The molecule has 0 amide bonds. The molecule has 0 radical (unpaired) electrons. The molecule has 0 spiro atoms. The number of hydrogen-bond acceptors (Lipinski definition) is 5. The predicted octanol–water partition coefficient (Wildman–Crippen LogP) is 0.496. The van der Waals surface area contributed by atoms with E-state index in [1.54, 1.807) is 6.92 Å². The van der Waals surface area contributed by atoms with Gasteiger partial charge in [0.05, 0.1) is 12.2 Å². The fourth-order valence-electron chi connectivity index (χ4n) is 1.10. The van der Waals surface area contributed by atoms with Crippen LogP contribution in [-0.4, -0.2) is 37.2 Å². The monoisotopic (exact) mass is 279 g/mol. The van der Waals surface area contributed by atoms with E-state index in [1.807, 2.05) is 0 Å². The first-order valence-electron chi connectivity index (χ1n) is 4.85. The Bertz CT molecular complexity index is 489. The summed E-state index contributed by atoms with van der Waals surface area (Å²) in [6, 6.07) is 0.537. The molecule has 0 fully saturated rings. The lowest BCUT2D eigenvalue weighted by Crippen LogP contribution is -2.36. The van der Waals surface area contributed by atoms with Crippen LogP contribution in [0.1, 0.15) is 23.7 Å². The topological polar surface area (TPSA) is 104 Å². The average Bonchev–Trinajstić information content (AvgIpc) is 2.75. The van der Waals surface area contributed by atoms with Crippen LogP contribution in [0.4, 0.5) is 0 Å². The molecule has 1 atom stereocenters. The minimum atomic E-state index is -3.75. The summed E-state index contributed by atoms with van der Waals surface area (Å²) in [6.07, 6.45) is 0.451. The van der Waals surface area contributed by atoms with Crippen molar-refractivity contribution in [2.24, 2.45) is 0 Å². The van der Waals surface area contributed by atoms with Gasteiger partial charge in [-0.2, -0.15) is 0 Å². The SMILES string of the molecule is CC[C@@H](CO)NS(=O)(=O)c1cc(C(=O)O)cs1. The molecule has 1 rings (SSSR count). The standard InChI is InChI=1S/C9H13NO5S2/c1-2-7(4-11)10-17(14,15)8-3-6(5-16-8)9(12)13/h3,5,7,10-11H,2,4H2,1H3,(H,12,13)/t7-/m0/s1. The number of carbonyl (C=O) groups is 1. The summed E-state index contributed by atoms with van der Waals surface area (Å²) in [5.74, 6) is -1.17. The first kappa shape index (κ1) is 14.1. The minimum Gasteiger partial charge on any atom is -0.478 e. The van der Waals surface area contributed by atoms with Gasteiger partial charge in [0.2, 0.25) is 10.0 Å². The Kier molecular flexibility index (Phi) is 4.63. The zero-order chi connectivity index (χ0) is 13.1. The molecule has 1 aromatic rings. The number of nitrogens with one attached hydrogen (secondary N) is 1.